The summed E-state index contributed by atoms with van der Waals surface area (Å²) in [6.45, 7) is 5.27. The van der Waals surface area contributed by atoms with Crippen molar-refractivity contribution in [2.45, 2.75) is 20.8 Å². The molecule has 2 aromatic carbocycles. The molecule has 0 atom stereocenters. The van der Waals surface area contributed by atoms with Crippen LogP contribution in [0.5, 0.6) is 5.75 Å². The van der Waals surface area contributed by atoms with E-state index in [1.165, 1.54) is 13.2 Å². The van der Waals surface area contributed by atoms with Crippen LogP contribution in [0.25, 0.3) is 0 Å². The Labute approximate surface area is 156 Å². The van der Waals surface area contributed by atoms with Gasteiger partial charge in [0.05, 0.1) is 24.3 Å². The fraction of sp³-hybridized carbons (Fsp3) is 0.278. The standard InChI is InChI=1S/C18H20ClN3O4/c1-10-6-15(17(26-4)7-13(10)19)21-18(23)9-20-14-8-16(22(24)25)12(3)5-11(14)2/h5-8,20H,9H2,1-4H3,(H,21,23). The molecule has 2 aromatic rings. The summed E-state index contributed by atoms with van der Waals surface area (Å²) in [7, 11) is 1.49. The van der Waals surface area contributed by atoms with Crippen LogP contribution in [-0.4, -0.2) is 24.5 Å². The Morgan fingerprint density at radius 1 is 1.12 bits per heavy atom. The first-order chi connectivity index (χ1) is 12.2. The van der Waals surface area contributed by atoms with Crippen LogP contribution in [0.15, 0.2) is 24.3 Å². The van der Waals surface area contributed by atoms with Gasteiger partial charge in [0.15, 0.2) is 0 Å². The van der Waals surface area contributed by atoms with Crippen molar-refractivity contribution in [2.75, 3.05) is 24.3 Å². The molecule has 2 rings (SSSR count). The van der Waals surface area contributed by atoms with Crippen LogP contribution in [-0.2, 0) is 4.79 Å². The lowest BCUT2D eigenvalue weighted by molar-refractivity contribution is -0.385. The number of nitrogens with one attached hydrogen (secondary N) is 2. The Morgan fingerprint density at radius 3 is 2.42 bits per heavy atom. The third-order valence-electron chi connectivity index (χ3n) is 3.93. The summed E-state index contributed by atoms with van der Waals surface area (Å²) in [5, 5.41) is 17.3. The van der Waals surface area contributed by atoms with Crippen LogP contribution in [0.3, 0.4) is 0 Å². The van der Waals surface area contributed by atoms with Crippen molar-refractivity contribution >= 4 is 34.6 Å². The van der Waals surface area contributed by atoms with Crippen molar-refractivity contribution in [1.29, 1.82) is 0 Å². The van der Waals surface area contributed by atoms with Gasteiger partial charge in [-0.1, -0.05) is 11.6 Å². The average Bonchev–Trinajstić information content (AvgIpc) is 2.56. The molecule has 138 valence electrons. The monoisotopic (exact) mass is 377 g/mol. The highest BCUT2D eigenvalue weighted by Gasteiger charge is 2.15. The minimum absolute atomic E-state index is 0.00787. The number of benzene rings is 2. The molecule has 0 radical (unpaired) electrons. The van der Waals surface area contributed by atoms with Crippen LogP contribution in [0.4, 0.5) is 17.1 Å². The molecule has 0 aliphatic rings. The predicted molar refractivity (Wildman–Crippen MR) is 102 cm³/mol. The number of methoxy groups -OCH3 is 1. The highest BCUT2D eigenvalue weighted by Crippen LogP contribution is 2.31. The van der Waals surface area contributed by atoms with Gasteiger partial charge in [0.25, 0.3) is 5.69 Å². The van der Waals surface area contributed by atoms with E-state index >= 15 is 0 Å². The third kappa shape index (κ3) is 4.43. The first-order valence-electron chi connectivity index (χ1n) is 7.86. The van der Waals surface area contributed by atoms with E-state index in [4.69, 9.17) is 16.3 Å². The van der Waals surface area contributed by atoms with Crippen LogP contribution in [0, 0.1) is 30.9 Å². The van der Waals surface area contributed by atoms with Crippen molar-refractivity contribution in [3.8, 4) is 5.75 Å². The zero-order valence-corrected chi connectivity index (χ0v) is 15.7. The quantitative estimate of drug-likeness (QED) is 0.580. The van der Waals surface area contributed by atoms with Crippen LogP contribution >= 0.6 is 11.6 Å². The number of anilines is 2. The van der Waals surface area contributed by atoms with Gasteiger partial charge in [-0.2, -0.15) is 0 Å². The summed E-state index contributed by atoms with van der Waals surface area (Å²) in [6.07, 6.45) is 0. The lowest BCUT2D eigenvalue weighted by Gasteiger charge is -2.14. The number of aryl methyl sites for hydroxylation is 3. The molecule has 0 aromatic heterocycles. The fourth-order valence-corrected chi connectivity index (χ4v) is 2.68. The number of carbonyl (C=O) groups excluding carboxylic acids is 1. The van der Waals surface area contributed by atoms with Crippen molar-refractivity contribution in [3.05, 3.63) is 56.1 Å². The molecule has 0 spiro atoms. The van der Waals surface area contributed by atoms with Gasteiger partial charge in [0.1, 0.15) is 5.75 Å². The van der Waals surface area contributed by atoms with E-state index in [1.54, 1.807) is 25.1 Å². The molecular weight excluding hydrogens is 358 g/mol. The molecule has 7 nitrogen and oxygen atoms in total. The fourth-order valence-electron chi connectivity index (χ4n) is 2.53. The number of nitrogens with zero attached hydrogens (tertiary/aromatic N) is 1. The number of amides is 1. The van der Waals surface area contributed by atoms with E-state index in [2.05, 4.69) is 10.6 Å². The highest BCUT2D eigenvalue weighted by molar-refractivity contribution is 6.31. The summed E-state index contributed by atoms with van der Waals surface area (Å²) in [5.74, 6) is 0.142. The van der Waals surface area contributed by atoms with Crippen LogP contribution < -0.4 is 15.4 Å². The second kappa shape index (κ2) is 8.05. The molecule has 2 N–H and O–H groups in total. The molecule has 26 heavy (non-hydrogen) atoms. The van der Waals surface area contributed by atoms with Gasteiger partial charge in [0, 0.05) is 28.4 Å². The number of halogens is 1. The molecule has 0 aliphatic carbocycles. The van der Waals surface area contributed by atoms with E-state index < -0.39 is 4.92 Å². The first-order valence-corrected chi connectivity index (χ1v) is 8.24. The van der Waals surface area contributed by atoms with Gasteiger partial charge in [-0.05, 0) is 44.0 Å². The highest BCUT2D eigenvalue weighted by atomic mass is 35.5. The summed E-state index contributed by atoms with van der Waals surface area (Å²) in [5.41, 5.74) is 3.25. The molecule has 0 heterocycles. The number of carbonyl (C=O) groups is 1. The third-order valence-corrected chi connectivity index (χ3v) is 4.34. The minimum Gasteiger partial charge on any atom is -0.495 e. The SMILES string of the molecule is COc1cc(Cl)c(C)cc1NC(=O)CNc1cc([N+](=O)[O-])c(C)cc1C. The summed E-state index contributed by atoms with van der Waals surface area (Å²) >= 11 is 6.05. The molecule has 8 heteroatoms. The van der Waals surface area contributed by atoms with Crippen molar-refractivity contribution < 1.29 is 14.5 Å². The maximum absolute atomic E-state index is 12.3. The minimum atomic E-state index is -0.443. The Kier molecular flexibility index (Phi) is 6.05. The Bertz CT molecular complexity index is 868. The Morgan fingerprint density at radius 2 is 1.81 bits per heavy atom. The first kappa shape index (κ1) is 19.5. The average molecular weight is 378 g/mol. The predicted octanol–water partition coefficient (Wildman–Crippen LogP) is 4.23. The largest absolute Gasteiger partial charge is 0.495 e. The van der Waals surface area contributed by atoms with E-state index in [0.717, 1.165) is 11.1 Å². The molecule has 0 saturated heterocycles. The maximum atomic E-state index is 12.3. The van der Waals surface area contributed by atoms with Crippen LogP contribution in [0.2, 0.25) is 5.02 Å². The summed E-state index contributed by atoms with van der Waals surface area (Å²) in [6, 6.07) is 6.50. The van der Waals surface area contributed by atoms with Gasteiger partial charge in [0.2, 0.25) is 5.91 Å². The maximum Gasteiger partial charge on any atom is 0.274 e. The number of nitro benzene ring substituents is 1. The van der Waals surface area contributed by atoms with Crippen molar-refractivity contribution in [3.63, 3.8) is 0 Å². The Balaban J connectivity index is 2.12. The zero-order valence-electron chi connectivity index (χ0n) is 15.0. The van der Waals surface area contributed by atoms with E-state index in [-0.39, 0.29) is 18.1 Å². The van der Waals surface area contributed by atoms with Gasteiger partial charge in [-0.3, -0.25) is 14.9 Å². The van der Waals surface area contributed by atoms with Gasteiger partial charge in [-0.25, -0.2) is 0 Å². The molecule has 0 saturated carbocycles. The molecule has 0 unspecified atom stereocenters. The van der Waals surface area contributed by atoms with Crippen molar-refractivity contribution in [2.24, 2.45) is 0 Å². The molecule has 0 aliphatic heterocycles. The zero-order chi connectivity index (χ0) is 19.4. The van der Waals surface area contributed by atoms with Crippen LogP contribution in [0.1, 0.15) is 16.7 Å². The summed E-state index contributed by atoms with van der Waals surface area (Å²) < 4.78 is 5.22. The Hall–Kier alpha value is -2.80. The number of rotatable bonds is 6. The number of hydrogen-bond acceptors (Lipinski definition) is 5. The van der Waals surface area contributed by atoms with Gasteiger partial charge >= 0.3 is 0 Å². The van der Waals surface area contributed by atoms with Crippen molar-refractivity contribution in [1.82, 2.24) is 0 Å². The molecule has 0 fully saturated rings. The van der Waals surface area contributed by atoms with E-state index in [9.17, 15) is 14.9 Å². The van der Waals surface area contributed by atoms with Gasteiger partial charge in [-0.15, -0.1) is 0 Å². The lowest BCUT2D eigenvalue weighted by Crippen LogP contribution is -2.22. The van der Waals surface area contributed by atoms with Gasteiger partial charge < -0.3 is 15.4 Å². The summed E-state index contributed by atoms with van der Waals surface area (Å²) in [4.78, 5) is 22.9. The smallest absolute Gasteiger partial charge is 0.274 e. The second-order valence-corrected chi connectivity index (χ2v) is 6.32. The molecular formula is C18H20ClN3O4. The van der Waals surface area contributed by atoms with E-state index in [0.29, 0.717) is 27.7 Å². The van der Waals surface area contributed by atoms with E-state index in [1.807, 2.05) is 13.8 Å². The number of ether oxygens (including phenoxy) is 1. The number of hydrogen-bond donors (Lipinski definition) is 2. The lowest BCUT2D eigenvalue weighted by atomic mass is 10.1. The number of nitro groups is 1. The molecule has 0 bridgehead atoms. The topological polar surface area (TPSA) is 93.5 Å². The normalized spacial score (nSPS) is 10.3. The second-order valence-electron chi connectivity index (χ2n) is 5.91. The molecule has 1 amide bonds.